The molecule has 0 atom stereocenters. The van der Waals surface area contributed by atoms with Crippen molar-refractivity contribution in [1.82, 2.24) is 0 Å². The molecule has 0 N–H and O–H groups in total. The molecule has 1 aromatic carbocycles. The maximum atomic E-state index is 12.9. The van der Waals surface area contributed by atoms with Gasteiger partial charge in [-0.1, -0.05) is 23.7 Å². The molecule has 0 bridgehead atoms. The number of halogens is 2. The second kappa shape index (κ2) is 5.40. The van der Waals surface area contributed by atoms with E-state index in [-0.39, 0.29) is 11.6 Å². The normalized spacial score (nSPS) is 10.4. The Kier molecular flexibility index (Phi) is 4.13. The van der Waals surface area contributed by atoms with Gasteiger partial charge >= 0.3 is 6.47 Å². The van der Waals surface area contributed by atoms with Crippen molar-refractivity contribution in [2.24, 2.45) is 0 Å². The fraction of sp³-hybridized carbons (Fsp3) is 0.100. The number of carbonyl (C=O) groups excluding carboxylic acids is 1. The maximum Gasteiger partial charge on any atom is 0.417 e. The van der Waals surface area contributed by atoms with Crippen LogP contribution in [0.15, 0.2) is 24.3 Å². The average molecular weight is 214 g/mol. The first-order chi connectivity index (χ1) is 6.74. The van der Waals surface area contributed by atoms with Gasteiger partial charge < -0.3 is 4.74 Å². The zero-order valence-electron chi connectivity index (χ0n) is 7.17. The molecular weight excluding hydrogens is 207 g/mol. The summed E-state index contributed by atoms with van der Waals surface area (Å²) in [7, 11) is 0. The summed E-state index contributed by atoms with van der Waals surface area (Å²) in [6, 6.07) is 4.42. The molecule has 0 fully saturated rings. The summed E-state index contributed by atoms with van der Waals surface area (Å²) in [6.07, 6.45) is 3.20. The van der Waals surface area contributed by atoms with Crippen LogP contribution in [-0.2, 0) is 9.53 Å². The molecule has 1 aromatic rings. The zero-order valence-corrected chi connectivity index (χ0v) is 7.92. The number of hydrogen-bond donors (Lipinski definition) is 0. The van der Waals surface area contributed by atoms with E-state index in [4.69, 9.17) is 11.6 Å². The molecule has 0 heterocycles. The fourth-order valence-electron chi connectivity index (χ4n) is 0.882. The fourth-order valence-corrected chi connectivity index (χ4v) is 1.000. The minimum Gasteiger partial charge on any atom is -0.453 e. The molecule has 0 saturated heterocycles. The SMILES string of the molecule is O=[C]OC/C=C/c1ccc(Cl)c(F)c1. The number of rotatable bonds is 4. The Morgan fingerprint density at radius 2 is 2.36 bits per heavy atom. The van der Waals surface area contributed by atoms with Gasteiger partial charge in [-0.3, -0.25) is 0 Å². The van der Waals surface area contributed by atoms with Crippen molar-refractivity contribution in [3.05, 3.63) is 40.7 Å². The van der Waals surface area contributed by atoms with E-state index in [9.17, 15) is 9.18 Å². The summed E-state index contributed by atoms with van der Waals surface area (Å²) in [5, 5.41) is 0.0830. The van der Waals surface area contributed by atoms with Crippen molar-refractivity contribution < 1.29 is 13.9 Å². The van der Waals surface area contributed by atoms with Crippen LogP contribution in [0.1, 0.15) is 5.56 Å². The van der Waals surface area contributed by atoms with Crippen LogP contribution in [0.3, 0.4) is 0 Å². The molecule has 1 rings (SSSR count). The highest BCUT2D eigenvalue weighted by atomic mass is 35.5. The lowest BCUT2D eigenvalue weighted by atomic mass is 10.2. The Morgan fingerprint density at radius 3 is 3.00 bits per heavy atom. The third-order valence-electron chi connectivity index (χ3n) is 1.49. The van der Waals surface area contributed by atoms with E-state index >= 15 is 0 Å². The van der Waals surface area contributed by atoms with Gasteiger partial charge in [-0.25, -0.2) is 9.18 Å². The Hall–Kier alpha value is -1.35. The van der Waals surface area contributed by atoms with Crippen LogP contribution in [0.2, 0.25) is 5.02 Å². The summed E-state index contributed by atoms with van der Waals surface area (Å²) in [4.78, 5) is 9.66. The zero-order chi connectivity index (χ0) is 10.4. The quantitative estimate of drug-likeness (QED) is 0.719. The maximum absolute atomic E-state index is 12.9. The molecule has 14 heavy (non-hydrogen) atoms. The first-order valence-corrected chi connectivity index (χ1v) is 4.22. The van der Waals surface area contributed by atoms with Crippen LogP contribution < -0.4 is 0 Å². The lowest BCUT2D eigenvalue weighted by Crippen LogP contribution is -1.85. The van der Waals surface area contributed by atoms with Gasteiger partial charge in [0, 0.05) is 0 Å². The van der Waals surface area contributed by atoms with Crippen molar-refractivity contribution in [3.63, 3.8) is 0 Å². The van der Waals surface area contributed by atoms with E-state index in [1.54, 1.807) is 18.2 Å². The minimum atomic E-state index is -0.475. The van der Waals surface area contributed by atoms with Crippen LogP contribution in [0.25, 0.3) is 6.08 Å². The van der Waals surface area contributed by atoms with Crippen molar-refractivity contribution in [2.45, 2.75) is 0 Å². The van der Waals surface area contributed by atoms with Gasteiger partial charge in [0.05, 0.1) is 5.02 Å². The van der Waals surface area contributed by atoms with E-state index < -0.39 is 5.82 Å². The number of hydrogen-bond acceptors (Lipinski definition) is 2. The van der Waals surface area contributed by atoms with Gasteiger partial charge in [0.25, 0.3) is 0 Å². The number of ether oxygens (including phenoxy) is 1. The largest absolute Gasteiger partial charge is 0.453 e. The molecule has 0 aliphatic rings. The van der Waals surface area contributed by atoms with Crippen LogP contribution in [0.4, 0.5) is 4.39 Å². The highest BCUT2D eigenvalue weighted by Gasteiger charge is 1.97. The Bertz CT molecular complexity index is 350. The molecule has 0 aliphatic heterocycles. The molecule has 0 aromatic heterocycles. The van der Waals surface area contributed by atoms with Crippen molar-refractivity contribution in [2.75, 3.05) is 6.61 Å². The Balaban J connectivity index is 2.63. The van der Waals surface area contributed by atoms with Crippen molar-refractivity contribution >= 4 is 24.1 Å². The summed E-state index contributed by atoms with van der Waals surface area (Å²) in [5.41, 5.74) is 0.654. The lowest BCUT2D eigenvalue weighted by Gasteiger charge is -1.96. The molecular formula is C10H7ClFO2. The topological polar surface area (TPSA) is 26.3 Å². The lowest BCUT2D eigenvalue weighted by molar-refractivity contribution is 0.314. The van der Waals surface area contributed by atoms with E-state index in [0.29, 0.717) is 5.56 Å². The standard InChI is InChI=1S/C10H7ClFO2/c11-9-4-3-8(6-10(9)12)2-1-5-14-7-13/h1-4,6H,5H2/b2-1+. The van der Waals surface area contributed by atoms with Gasteiger partial charge in [0.2, 0.25) is 0 Å². The van der Waals surface area contributed by atoms with Crippen molar-refractivity contribution in [1.29, 1.82) is 0 Å². The van der Waals surface area contributed by atoms with Crippen LogP contribution >= 0.6 is 11.6 Å². The van der Waals surface area contributed by atoms with Crippen molar-refractivity contribution in [3.8, 4) is 0 Å². The van der Waals surface area contributed by atoms with E-state index in [1.165, 1.54) is 18.6 Å². The summed E-state index contributed by atoms with van der Waals surface area (Å²) in [5.74, 6) is -0.475. The molecule has 0 aliphatic carbocycles. The molecule has 2 nitrogen and oxygen atoms in total. The first kappa shape index (κ1) is 10.7. The van der Waals surface area contributed by atoms with E-state index in [1.807, 2.05) is 0 Å². The highest BCUT2D eigenvalue weighted by molar-refractivity contribution is 6.30. The summed E-state index contributed by atoms with van der Waals surface area (Å²) in [6.45, 7) is 1.40. The summed E-state index contributed by atoms with van der Waals surface area (Å²) < 4.78 is 17.2. The van der Waals surface area contributed by atoms with Gasteiger partial charge in [0.15, 0.2) is 0 Å². The molecule has 73 valence electrons. The van der Waals surface area contributed by atoms with E-state index in [0.717, 1.165) is 0 Å². The first-order valence-electron chi connectivity index (χ1n) is 3.84. The van der Waals surface area contributed by atoms with Gasteiger partial charge in [-0.15, -0.1) is 0 Å². The van der Waals surface area contributed by atoms with Crippen LogP contribution in [-0.4, -0.2) is 13.1 Å². The second-order valence-corrected chi connectivity index (χ2v) is 2.88. The number of benzene rings is 1. The third-order valence-corrected chi connectivity index (χ3v) is 1.80. The monoisotopic (exact) mass is 213 g/mol. The molecule has 0 amide bonds. The third kappa shape index (κ3) is 3.18. The van der Waals surface area contributed by atoms with Gasteiger partial charge in [-0.2, -0.15) is 0 Å². The van der Waals surface area contributed by atoms with Crippen LogP contribution in [0.5, 0.6) is 0 Å². The second-order valence-electron chi connectivity index (χ2n) is 2.47. The molecule has 1 radical (unpaired) electrons. The average Bonchev–Trinajstić information content (AvgIpc) is 2.18. The molecule has 0 saturated carbocycles. The Morgan fingerprint density at radius 1 is 1.57 bits per heavy atom. The highest BCUT2D eigenvalue weighted by Crippen LogP contribution is 2.16. The predicted octanol–water partition coefficient (Wildman–Crippen LogP) is 2.58. The summed E-state index contributed by atoms with van der Waals surface area (Å²) >= 11 is 5.49. The van der Waals surface area contributed by atoms with E-state index in [2.05, 4.69) is 4.74 Å². The molecule has 0 unspecified atom stereocenters. The van der Waals surface area contributed by atoms with Gasteiger partial charge in [-0.05, 0) is 23.8 Å². The smallest absolute Gasteiger partial charge is 0.417 e. The Labute approximate surface area is 85.9 Å². The van der Waals surface area contributed by atoms with Gasteiger partial charge in [0.1, 0.15) is 12.4 Å². The molecule has 4 heteroatoms. The van der Waals surface area contributed by atoms with Crippen LogP contribution in [0, 0.1) is 5.82 Å². The predicted molar refractivity (Wildman–Crippen MR) is 52.1 cm³/mol. The molecule has 0 spiro atoms. The minimum absolute atomic E-state index is 0.0830.